The number of hydrogen-bond donors (Lipinski definition) is 7. The van der Waals surface area contributed by atoms with E-state index in [1.54, 1.807) is 34.6 Å². The third kappa shape index (κ3) is 11.0. The maximum atomic E-state index is 14.5. The van der Waals surface area contributed by atoms with Crippen LogP contribution in [-0.4, -0.2) is 167 Å². The van der Waals surface area contributed by atoms with Gasteiger partial charge in [-0.2, -0.15) is 0 Å². The fourth-order valence-electron chi connectivity index (χ4n) is 9.21. The molecule has 3 aliphatic heterocycles. The highest BCUT2D eigenvalue weighted by molar-refractivity contribution is 5.73. The molecule has 0 aromatic heterocycles. The van der Waals surface area contributed by atoms with Crippen LogP contribution in [0.15, 0.2) is 0 Å². The lowest BCUT2D eigenvalue weighted by atomic mass is 9.75. The Kier molecular flexibility index (Phi) is 17.6. The quantitative estimate of drug-likeness (QED) is 0.105. The van der Waals surface area contributed by atoms with Crippen molar-refractivity contribution in [2.45, 2.75) is 198 Å². The van der Waals surface area contributed by atoms with Crippen LogP contribution >= 0.6 is 0 Å². The summed E-state index contributed by atoms with van der Waals surface area (Å²) in [6, 6.07) is -0.875. The lowest BCUT2D eigenvalue weighted by Gasteiger charge is -2.53. The lowest BCUT2D eigenvalue weighted by molar-refractivity contribution is -0.336. The van der Waals surface area contributed by atoms with E-state index in [2.05, 4.69) is 10.6 Å². The molecule has 0 aliphatic carbocycles. The first-order valence-electron chi connectivity index (χ1n) is 20.9. The van der Waals surface area contributed by atoms with Crippen LogP contribution in [0.5, 0.6) is 0 Å². The Morgan fingerprint density at radius 2 is 1.70 bits per heavy atom. The minimum absolute atomic E-state index is 0.0928. The van der Waals surface area contributed by atoms with E-state index in [-0.39, 0.29) is 43.9 Å². The number of likely N-dealkylation sites (N-methyl/N-ethyl adjacent to an activating group) is 1. The smallest absolute Gasteiger partial charge is 0.311 e. The van der Waals surface area contributed by atoms with Gasteiger partial charge in [0.1, 0.15) is 29.0 Å². The molecule has 56 heavy (non-hydrogen) atoms. The number of methoxy groups -OCH3 is 1. The number of cyclic esters (lactones) is 1. The fraction of sp³-hybridized carbons (Fsp3) is 0.976. The van der Waals surface area contributed by atoms with Crippen LogP contribution < -0.4 is 10.6 Å². The van der Waals surface area contributed by atoms with Crippen LogP contribution in [-0.2, 0) is 33.2 Å². The molecule has 330 valence electrons. The number of aliphatic hydroxyl groups excluding tert-OH is 2. The normalized spacial score (nSPS) is 45.2. The molecule has 0 aromatic rings. The molecule has 0 aromatic carbocycles. The van der Waals surface area contributed by atoms with Crippen LogP contribution in [0.1, 0.15) is 108 Å². The molecule has 0 radical (unpaired) electrons. The second-order valence-corrected chi connectivity index (χ2v) is 18.2. The number of rotatable bonds is 13. The monoisotopic (exact) mass is 806 g/mol. The summed E-state index contributed by atoms with van der Waals surface area (Å²) in [5, 5.41) is 65.4. The number of nitrogens with zero attached hydrogens (tertiary/aromatic N) is 1. The number of aliphatic hydroxyl groups is 5. The Hall–Kier alpha value is -1.05. The summed E-state index contributed by atoms with van der Waals surface area (Å²) >= 11 is 0. The van der Waals surface area contributed by atoms with E-state index in [4.69, 9.17) is 28.4 Å². The van der Waals surface area contributed by atoms with Gasteiger partial charge in [0.15, 0.2) is 12.6 Å². The molecular formula is C41H79N3O12. The van der Waals surface area contributed by atoms with Crippen LogP contribution in [0.4, 0.5) is 0 Å². The SMILES string of the molecule is CCCNC[C@]1(O)[C@H](C)O[C@@H](O[C@@H]2[C@H](C)[C@@H](O[C@@H]3O[C@H](C)C[C@H](N(C)C)[C@H]3O)[C@](C)(O)C[C@@H](C)CN[C@@H](C)[C@@H]([C@](C)(O)[C@H](O)CC)OC(=O)[C@H]2C)C[C@@]1(C)OC. The van der Waals surface area contributed by atoms with Gasteiger partial charge in [-0.1, -0.05) is 27.7 Å². The third-order valence-corrected chi connectivity index (χ3v) is 13.0. The van der Waals surface area contributed by atoms with E-state index < -0.39 is 95.5 Å². The van der Waals surface area contributed by atoms with Gasteiger partial charge in [0.2, 0.25) is 0 Å². The first-order chi connectivity index (χ1) is 25.9. The van der Waals surface area contributed by atoms with Crippen LogP contribution in [0.25, 0.3) is 0 Å². The number of esters is 1. The molecule has 15 nitrogen and oxygen atoms in total. The number of carbonyl (C=O) groups is 1. The highest BCUT2D eigenvalue weighted by Gasteiger charge is 2.58. The maximum absolute atomic E-state index is 14.5. The van der Waals surface area contributed by atoms with Gasteiger partial charge in [0.05, 0.1) is 42.0 Å². The largest absolute Gasteiger partial charge is 0.457 e. The van der Waals surface area contributed by atoms with E-state index in [0.717, 1.165) is 6.42 Å². The van der Waals surface area contributed by atoms with Gasteiger partial charge >= 0.3 is 5.97 Å². The zero-order valence-corrected chi connectivity index (χ0v) is 36.8. The second kappa shape index (κ2) is 20.0. The Morgan fingerprint density at radius 1 is 1.05 bits per heavy atom. The van der Waals surface area contributed by atoms with Crippen molar-refractivity contribution in [3.8, 4) is 0 Å². The molecular weight excluding hydrogens is 726 g/mol. The predicted molar refractivity (Wildman–Crippen MR) is 212 cm³/mol. The van der Waals surface area contributed by atoms with Gasteiger partial charge < -0.3 is 69.5 Å². The van der Waals surface area contributed by atoms with Gasteiger partial charge in [-0.15, -0.1) is 0 Å². The fourth-order valence-corrected chi connectivity index (χ4v) is 9.21. The summed E-state index contributed by atoms with van der Waals surface area (Å²) < 4.78 is 38.4. The molecule has 3 saturated heterocycles. The van der Waals surface area contributed by atoms with E-state index in [9.17, 15) is 30.3 Å². The molecule has 3 rings (SSSR count). The van der Waals surface area contributed by atoms with Crippen LogP contribution in [0, 0.1) is 17.8 Å². The molecule has 0 unspecified atom stereocenters. The van der Waals surface area contributed by atoms with Gasteiger partial charge in [-0.3, -0.25) is 4.79 Å². The van der Waals surface area contributed by atoms with E-state index in [1.165, 1.54) is 14.0 Å². The lowest BCUT2D eigenvalue weighted by Crippen LogP contribution is -2.70. The summed E-state index contributed by atoms with van der Waals surface area (Å²) in [6.07, 6.45) is -6.62. The van der Waals surface area contributed by atoms with Gasteiger partial charge in [0, 0.05) is 38.1 Å². The Balaban J connectivity index is 2.16. The Labute approximate surface area is 336 Å². The van der Waals surface area contributed by atoms with Crippen molar-refractivity contribution in [2.75, 3.05) is 40.8 Å². The Bertz CT molecular complexity index is 1230. The second-order valence-electron chi connectivity index (χ2n) is 18.2. The number of carbonyl (C=O) groups excluding carboxylic acids is 1. The van der Waals surface area contributed by atoms with E-state index in [0.29, 0.717) is 19.5 Å². The van der Waals surface area contributed by atoms with Crippen LogP contribution in [0.2, 0.25) is 0 Å². The number of ether oxygens (including phenoxy) is 6. The van der Waals surface area contributed by atoms with Crippen molar-refractivity contribution < 1.29 is 58.7 Å². The number of nitrogens with one attached hydrogen (secondary N) is 2. The highest BCUT2D eigenvalue weighted by Crippen LogP contribution is 2.43. The molecule has 18 atom stereocenters. The van der Waals surface area contributed by atoms with Crippen molar-refractivity contribution in [3.63, 3.8) is 0 Å². The summed E-state index contributed by atoms with van der Waals surface area (Å²) in [7, 11) is 5.31. The van der Waals surface area contributed by atoms with Crippen molar-refractivity contribution in [3.05, 3.63) is 0 Å². The summed E-state index contributed by atoms with van der Waals surface area (Å²) in [4.78, 5) is 16.4. The highest BCUT2D eigenvalue weighted by atomic mass is 16.7. The van der Waals surface area contributed by atoms with Crippen molar-refractivity contribution >= 4 is 5.97 Å². The summed E-state index contributed by atoms with van der Waals surface area (Å²) in [5.74, 6) is -2.67. The molecule has 3 fully saturated rings. The third-order valence-electron chi connectivity index (χ3n) is 13.0. The topological polar surface area (TPSA) is 201 Å². The Morgan fingerprint density at radius 3 is 2.27 bits per heavy atom. The maximum Gasteiger partial charge on any atom is 0.311 e. The van der Waals surface area contributed by atoms with E-state index >= 15 is 0 Å². The summed E-state index contributed by atoms with van der Waals surface area (Å²) in [6.45, 7) is 20.9. The van der Waals surface area contributed by atoms with Crippen molar-refractivity contribution in [1.82, 2.24) is 15.5 Å². The number of hydrogen-bond acceptors (Lipinski definition) is 15. The minimum atomic E-state index is -1.81. The first kappa shape index (κ1) is 49.3. The zero-order chi connectivity index (χ0) is 42.6. The first-order valence-corrected chi connectivity index (χ1v) is 20.9. The minimum Gasteiger partial charge on any atom is -0.457 e. The predicted octanol–water partition coefficient (Wildman–Crippen LogP) is 1.93. The van der Waals surface area contributed by atoms with Crippen LogP contribution in [0.3, 0.4) is 0 Å². The molecule has 15 heteroatoms. The van der Waals surface area contributed by atoms with Gasteiger partial charge in [-0.25, -0.2) is 0 Å². The summed E-state index contributed by atoms with van der Waals surface area (Å²) in [5.41, 5.74) is -5.93. The molecule has 0 spiro atoms. The average molecular weight is 806 g/mol. The molecule has 7 N–H and O–H groups in total. The van der Waals surface area contributed by atoms with E-state index in [1.807, 2.05) is 53.6 Å². The van der Waals surface area contributed by atoms with Crippen molar-refractivity contribution in [2.24, 2.45) is 17.8 Å². The molecule has 3 heterocycles. The molecule has 0 amide bonds. The van der Waals surface area contributed by atoms with Crippen molar-refractivity contribution in [1.29, 1.82) is 0 Å². The van der Waals surface area contributed by atoms with Gasteiger partial charge in [-0.05, 0) is 107 Å². The molecule has 3 aliphatic rings. The standard InChI is InChI=1S/C41H79N3O12/c1-15-17-42-22-41(50)28(8)53-31(20-39(41,10)51-14)54-33-25(5)34(56-37-32(46)29(44(12)13)18-24(4)52-37)38(9,48)19-23(3)21-43-27(7)35(55-36(47)26(33)6)40(11,49)30(45)16-2/h23-35,37,42-43,45-46,48-50H,15-22H2,1-14H3/t23-,24-,25+,26+,27+,28+,29+,30-,31+,32-,33-,34-,35+,37+,38-,39-,40-,41+/m1/s1. The zero-order valence-electron chi connectivity index (χ0n) is 36.8. The average Bonchev–Trinajstić information content (AvgIpc) is 3.12. The molecule has 0 bridgehead atoms. The molecule has 0 saturated carbocycles. The van der Waals surface area contributed by atoms with Gasteiger partial charge in [0.25, 0.3) is 0 Å².